The van der Waals surface area contributed by atoms with E-state index in [1.165, 1.54) is 36.6 Å². The van der Waals surface area contributed by atoms with Crippen molar-refractivity contribution in [3.8, 4) is 0 Å². The van der Waals surface area contributed by atoms with E-state index in [2.05, 4.69) is 10.6 Å². The lowest BCUT2D eigenvalue weighted by molar-refractivity contribution is -0.139. The fraction of sp³-hybridized carbons (Fsp3) is 0.294. The SMILES string of the molecule is CCCNC(=O)C(=O)NC[C@@H](c1ccco1)S(=O)(=O)c1ccc(Cl)cc1. The van der Waals surface area contributed by atoms with Crippen LogP contribution in [0.1, 0.15) is 24.4 Å². The molecule has 1 atom stereocenters. The van der Waals surface area contributed by atoms with E-state index >= 15 is 0 Å². The summed E-state index contributed by atoms with van der Waals surface area (Å²) in [4.78, 5) is 23.5. The molecule has 26 heavy (non-hydrogen) atoms. The van der Waals surface area contributed by atoms with E-state index in [9.17, 15) is 18.0 Å². The average molecular weight is 399 g/mol. The number of sulfone groups is 1. The first-order valence-corrected chi connectivity index (χ1v) is 9.87. The molecule has 0 saturated carbocycles. The molecule has 0 bridgehead atoms. The number of furan rings is 1. The van der Waals surface area contributed by atoms with Crippen LogP contribution in [0.4, 0.5) is 0 Å². The maximum atomic E-state index is 12.9. The molecule has 0 aliphatic heterocycles. The Kier molecular flexibility index (Phi) is 6.82. The summed E-state index contributed by atoms with van der Waals surface area (Å²) < 4.78 is 31.1. The molecular weight excluding hydrogens is 380 g/mol. The summed E-state index contributed by atoms with van der Waals surface area (Å²) in [5, 5.41) is 4.00. The van der Waals surface area contributed by atoms with Gasteiger partial charge in [0.25, 0.3) is 0 Å². The largest absolute Gasteiger partial charge is 0.468 e. The first-order chi connectivity index (χ1) is 12.4. The number of amides is 2. The van der Waals surface area contributed by atoms with Crippen molar-refractivity contribution >= 4 is 33.3 Å². The Hall–Kier alpha value is -2.32. The van der Waals surface area contributed by atoms with E-state index in [4.69, 9.17) is 16.0 Å². The Morgan fingerprint density at radius 3 is 2.35 bits per heavy atom. The summed E-state index contributed by atoms with van der Waals surface area (Å²) in [6, 6.07) is 8.73. The normalized spacial score (nSPS) is 12.4. The number of carbonyl (C=O) groups excluding carboxylic acids is 2. The molecule has 2 N–H and O–H groups in total. The zero-order chi connectivity index (χ0) is 19.2. The van der Waals surface area contributed by atoms with Crippen LogP contribution >= 0.6 is 11.6 Å². The van der Waals surface area contributed by atoms with Crippen molar-refractivity contribution in [2.24, 2.45) is 0 Å². The first kappa shape index (κ1) is 20.0. The van der Waals surface area contributed by atoms with Gasteiger partial charge in [0.1, 0.15) is 11.0 Å². The Balaban J connectivity index is 2.21. The fourth-order valence-electron chi connectivity index (χ4n) is 2.21. The summed E-state index contributed by atoms with van der Waals surface area (Å²) in [5.74, 6) is -1.55. The summed E-state index contributed by atoms with van der Waals surface area (Å²) in [7, 11) is -3.88. The van der Waals surface area contributed by atoms with E-state index < -0.39 is 26.9 Å². The van der Waals surface area contributed by atoms with Gasteiger partial charge in [-0.25, -0.2) is 8.42 Å². The Bertz CT molecular complexity index is 848. The van der Waals surface area contributed by atoms with Gasteiger partial charge in [-0.15, -0.1) is 0 Å². The van der Waals surface area contributed by atoms with Crippen LogP contribution in [0.3, 0.4) is 0 Å². The van der Waals surface area contributed by atoms with Crippen molar-refractivity contribution in [1.82, 2.24) is 10.6 Å². The molecule has 2 rings (SSSR count). The molecule has 0 spiro atoms. The smallest absolute Gasteiger partial charge is 0.309 e. The minimum absolute atomic E-state index is 0.0352. The third-order valence-electron chi connectivity index (χ3n) is 3.57. The molecule has 0 radical (unpaired) electrons. The fourth-order valence-corrected chi connectivity index (χ4v) is 3.92. The van der Waals surface area contributed by atoms with Crippen molar-refractivity contribution in [1.29, 1.82) is 0 Å². The molecule has 9 heteroatoms. The second-order valence-corrected chi connectivity index (χ2v) is 8.04. The standard InChI is InChI=1S/C17H19ClN2O5S/c1-2-9-19-16(21)17(22)20-11-15(14-4-3-10-25-14)26(23,24)13-7-5-12(18)6-8-13/h3-8,10,15H,2,9,11H2,1H3,(H,19,21)(H,20,22)/t15-/m0/s1. The Morgan fingerprint density at radius 1 is 1.12 bits per heavy atom. The van der Waals surface area contributed by atoms with Gasteiger partial charge >= 0.3 is 11.8 Å². The van der Waals surface area contributed by atoms with Crippen LogP contribution in [0.15, 0.2) is 52.0 Å². The van der Waals surface area contributed by atoms with Crippen molar-refractivity contribution in [3.63, 3.8) is 0 Å². The highest BCUT2D eigenvalue weighted by atomic mass is 35.5. The number of hydrogen-bond acceptors (Lipinski definition) is 5. The van der Waals surface area contributed by atoms with Gasteiger partial charge in [0, 0.05) is 18.1 Å². The van der Waals surface area contributed by atoms with Crippen LogP contribution in [0.2, 0.25) is 5.02 Å². The third-order valence-corrected chi connectivity index (χ3v) is 5.90. The van der Waals surface area contributed by atoms with Crippen molar-refractivity contribution in [3.05, 3.63) is 53.4 Å². The van der Waals surface area contributed by atoms with Crippen LogP contribution in [0, 0.1) is 0 Å². The van der Waals surface area contributed by atoms with E-state index in [-0.39, 0.29) is 17.2 Å². The van der Waals surface area contributed by atoms with Crippen LogP contribution in [-0.2, 0) is 19.4 Å². The lowest BCUT2D eigenvalue weighted by atomic mass is 10.3. The molecule has 2 amide bonds. The highest BCUT2D eigenvalue weighted by Crippen LogP contribution is 2.29. The van der Waals surface area contributed by atoms with Gasteiger partial charge in [0.15, 0.2) is 9.84 Å². The Labute approximate surface area is 156 Å². The average Bonchev–Trinajstić information content (AvgIpc) is 3.14. The summed E-state index contributed by atoms with van der Waals surface area (Å²) in [5.41, 5.74) is 0. The lowest BCUT2D eigenvalue weighted by Gasteiger charge is -2.16. The molecule has 7 nitrogen and oxygen atoms in total. The maximum absolute atomic E-state index is 12.9. The van der Waals surface area contributed by atoms with Crippen molar-refractivity contribution in [2.75, 3.05) is 13.1 Å². The molecule has 0 saturated heterocycles. The first-order valence-electron chi connectivity index (χ1n) is 7.95. The number of benzene rings is 1. The lowest BCUT2D eigenvalue weighted by Crippen LogP contribution is -2.42. The molecule has 140 valence electrons. The molecular formula is C17H19ClN2O5S. The number of nitrogens with one attached hydrogen (secondary N) is 2. The number of rotatable bonds is 7. The second-order valence-electron chi connectivity index (χ2n) is 5.47. The molecule has 0 aliphatic carbocycles. The summed E-state index contributed by atoms with van der Waals surface area (Å²) in [6.07, 6.45) is 2.02. The highest BCUT2D eigenvalue weighted by molar-refractivity contribution is 7.91. The van der Waals surface area contributed by atoms with Crippen LogP contribution in [0.5, 0.6) is 0 Å². The zero-order valence-electron chi connectivity index (χ0n) is 14.1. The van der Waals surface area contributed by atoms with Gasteiger partial charge in [0.05, 0.1) is 11.2 Å². The molecule has 0 aliphatic rings. The molecule has 1 aromatic heterocycles. The number of carbonyl (C=O) groups is 2. The van der Waals surface area contributed by atoms with Gasteiger partial charge in [-0.1, -0.05) is 18.5 Å². The molecule has 1 heterocycles. The maximum Gasteiger partial charge on any atom is 0.309 e. The monoisotopic (exact) mass is 398 g/mol. The molecule has 0 unspecified atom stereocenters. The van der Waals surface area contributed by atoms with E-state index in [0.29, 0.717) is 18.0 Å². The highest BCUT2D eigenvalue weighted by Gasteiger charge is 2.32. The molecule has 2 aromatic rings. The van der Waals surface area contributed by atoms with Gasteiger partial charge in [-0.2, -0.15) is 0 Å². The summed E-state index contributed by atoms with van der Waals surface area (Å²) in [6.45, 7) is 1.90. The number of hydrogen-bond donors (Lipinski definition) is 2. The molecule has 0 fully saturated rings. The Morgan fingerprint density at radius 2 is 1.77 bits per heavy atom. The van der Waals surface area contributed by atoms with Gasteiger partial charge in [-0.05, 0) is 42.8 Å². The third kappa shape index (κ3) is 4.86. The predicted octanol–water partition coefficient (Wildman–Crippen LogP) is 2.09. The van der Waals surface area contributed by atoms with Crippen LogP contribution in [0.25, 0.3) is 0 Å². The minimum Gasteiger partial charge on any atom is -0.468 e. The number of halogens is 1. The summed E-state index contributed by atoms with van der Waals surface area (Å²) >= 11 is 5.81. The second kappa shape index (κ2) is 8.86. The molecule has 1 aromatic carbocycles. The van der Waals surface area contributed by atoms with Crippen LogP contribution < -0.4 is 10.6 Å². The van der Waals surface area contributed by atoms with E-state index in [1.54, 1.807) is 6.07 Å². The van der Waals surface area contributed by atoms with Gasteiger partial charge < -0.3 is 15.1 Å². The quantitative estimate of drug-likeness (QED) is 0.695. The minimum atomic E-state index is -3.88. The van der Waals surface area contributed by atoms with E-state index in [1.807, 2.05) is 6.92 Å². The van der Waals surface area contributed by atoms with Crippen molar-refractivity contribution in [2.45, 2.75) is 23.5 Å². The zero-order valence-corrected chi connectivity index (χ0v) is 15.6. The van der Waals surface area contributed by atoms with Gasteiger partial charge in [-0.3, -0.25) is 9.59 Å². The topological polar surface area (TPSA) is 105 Å². The predicted molar refractivity (Wildman–Crippen MR) is 96.4 cm³/mol. The van der Waals surface area contributed by atoms with Crippen molar-refractivity contribution < 1.29 is 22.4 Å². The van der Waals surface area contributed by atoms with Crippen LogP contribution in [-0.4, -0.2) is 33.3 Å². The van der Waals surface area contributed by atoms with E-state index in [0.717, 1.165) is 0 Å². The van der Waals surface area contributed by atoms with Gasteiger partial charge in [0.2, 0.25) is 0 Å².